The maximum Gasteiger partial charge on any atom is 0.336 e. The second-order valence-corrected chi connectivity index (χ2v) is 3.18. The summed E-state index contributed by atoms with van der Waals surface area (Å²) in [6.45, 7) is 0. The zero-order valence-electron chi connectivity index (χ0n) is 7.03. The van der Waals surface area contributed by atoms with Gasteiger partial charge in [0.25, 0.3) is 0 Å². The first-order valence-corrected chi connectivity index (χ1v) is 4.84. The topological polar surface area (TPSA) is 74.6 Å². The van der Waals surface area contributed by atoms with Crippen LogP contribution < -0.4 is 0 Å². The van der Waals surface area contributed by atoms with Gasteiger partial charge in [-0.2, -0.15) is 0 Å². The van der Waals surface area contributed by atoms with Gasteiger partial charge in [0.2, 0.25) is 0 Å². The fourth-order valence-electron chi connectivity index (χ4n) is 1.04. The molecule has 0 fully saturated rings. The summed E-state index contributed by atoms with van der Waals surface area (Å²) in [5.41, 5.74) is 0.351. The van der Waals surface area contributed by atoms with Gasteiger partial charge in [0, 0.05) is 5.33 Å². The summed E-state index contributed by atoms with van der Waals surface area (Å²) in [6.07, 6.45) is 0. The molecule has 5 heteroatoms. The number of aromatic carboxylic acids is 2. The molecule has 0 spiro atoms. The number of hydrogen-bond donors (Lipinski definition) is 2. The van der Waals surface area contributed by atoms with E-state index in [-0.39, 0.29) is 11.1 Å². The number of rotatable bonds is 3. The molecule has 0 amide bonds. The van der Waals surface area contributed by atoms with Crippen LogP contribution in [0, 0.1) is 0 Å². The van der Waals surface area contributed by atoms with Crippen molar-refractivity contribution in [3.05, 3.63) is 34.9 Å². The van der Waals surface area contributed by atoms with E-state index < -0.39 is 11.9 Å². The number of carbonyl (C=O) groups is 2. The average Bonchev–Trinajstić information content (AvgIpc) is 2.16. The van der Waals surface area contributed by atoms with Gasteiger partial charge in [0.15, 0.2) is 0 Å². The zero-order chi connectivity index (χ0) is 10.7. The van der Waals surface area contributed by atoms with E-state index in [0.717, 1.165) is 5.56 Å². The Labute approximate surface area is 88.3 Å². The van der Waals surface area contributed by atoms with E-state index in [9.17, 15) is 9.59 Å². The lowest BCUT2D eigenvalue weighted by atomic mass is 10.0. The molecule has 0 aliphatic carbocycles. The molecule has 0 heterocycles. The molecule has 74 valence electrons. The van der Waals surface area contributed by atoms with Crippen molar-refractivity contribution in [1.82, 2.24) is 0 Å². The van der Waals surface area contributed by atoms with E-state index in [1.54, 1.807) is 6.07 Å². The van der Waals surface area contributed by atoms with Crippen LogP contribution in [0.1, 0.15) is 26.3 Å². The molecule has 0 atom stereocenters. The number of carboxylic acid groups (broad SMARTS) is 2. The fourth-order valence-corrected chi connectivity index (χ4v) is 1.39. The van der Waals surface area contributed by atoms with Crippen LogP contribution in [0.4, 0.5) is 0 Å². The van der Waals surface area contributed by atoms with Crippen LogP contribution >= 0.6 is 15.9 Å². The van der Waals surface area contributed by atoms with Crippen LogP contribution in [0.3, 0.4) is 0 Å². The molecule has 0 bridgehead atoms. The molecule has 2 N–H and O–H groups in total. The largest absolute Gasteiger partial charge is 0.478 e. The van der Waals surface area contributed by atoms with Crippen molar-refractivity contribution < 1.29 is 19.8 Å². The Balaban J connectivity index is 3.31. The summed E-state index contributed by atoms with van der Waals surface area (Å²) in [4.78, 5) is 21.4. The second kappa shape index (κ2) is 4.23. The Bertz CT molecular complexity index is 386. The van der Waals surface area contributed by atoms with E-state index >= 15 is 0 Å². The second-order valence-electron chi connectivity index (χ2n) is 2.62. The predicted octanol–water partition coefficient (Wildman–Crippen LogP) is 1.98. The molecular formula is C9H7BrO4. The molecule has 1 aromatic rings. The lowest BCUT2D eigenvalue weighted by Crippen LogP contribution is -2.08. The van der Waals surface area contributed by atoms with Crippen molar-refractivity contribution in [3.8, 4) is 0 Å². The van der Waals surface area contributed by atoms with Crippen molar-refractivity contribution in [2.45, 2.75) is 5.33 Å². The van der Waals surface area contributed by atoms with Crippen molar-refractivity contribution in [2.24, 2.45) is 0 Å². The molecular weight excluding hydrogens is 252 g/mol. The average molecular weight is 259 g/mol. The van der Waals surface area contributed by atoms with Gasteiger partial charge < -0.3 is 10.2 Å². The standard InChI is InChI=1S/C9H7BrO4/c10-4-5-1-2-6(8(11)12)7(3-5)9(13)14/h1-3H,4H2,(H,11,12)(H,13,14). The van der Waals surface area contributed by atoms with Gasteiger partial charge in [0.1, 0.15) is 0 Å². The SMILES string of the molecule is O=C(O)c1ccc(CBr)cc1C(=O)O. The Morgan fingerprint density at radius 1 is 1.14 bits per heavy atom. The molecule has 1 aromatic carbocycles. The molecule has 0 unspecified atom stereocenters. The Morgan fingerprint density at radius 2 is 1.71 bits per heavy atom. The van der Waals surface area contributed by atoms with Crippen molar-refractivity contribution >= 4 is 27.9 Å². The molecule has 0 aliphatic rings. The van der Waals surface area contributed by atoms with Crippen LogP contribution in [-0.2, 0) is 5.33 Å². The van der Waals surface area contributed by atoms with E-state index in [1.807, 2.05) is 0 Å². The third-order valence-corrected chi connectivity index (χ3v) is 2.35. The van der Waals surface area contributed by atoms with Crippen LogP contribution in [0.5, 0.6) is 0 Å². The fraction of sp³-hybridized carbons (Fsp3) is 0.111. The van der Waals surface area contributed by atoms with E-state index in [4.69, 9.17) is 10.2 Å². The maximum atomic E-state index is 10.7. The molecule has 0 saturated carbocycles. The molecule has 0 radical (unpaired) electrons. The number of hydrogen-bond acceptors (Lipinski definition) is 2. The summed E-state index contributed by atoms with van der Waals surface area (Å²) in [7, 11) is 0. The molecule has 0 aromatic heterocycles. The van der Waals surface area contributed by atoms with Crippen molar-refractivity contribution in [3.63, 3.8) is 0 Å². The van der Waals surface area contributed by atoms with E-state index in [2.05, 4.69) is 15.9 Å². The first-order chi connectivity index (χ1) is 6.56. The summed E-state index contributed by atoms with van der Waals surface area (Å²) in [5, 5.41) is 18.0. The Hall–Kier alpha value is -1.36. The van der Waals surface area contributed by atoms with Gasteiger partial charge in [-0.3, -0.25) is 0 Å². The first kappa shape index (κ1) is 10.7. The summed E-state index contributed by atoms with van der Waals surface area (Å²) in [6, 6.07) is 4.22. The van der Waals surface area contributed by atoms with Gasteiger partial charge in [-0.25, -0.2) is 9.59 Å². The summed E-state index contributed by atoms with van der Waals surface area (Å²) in [5.74, 6) is -2.46. The van der Waals surface area contributed by atoms with Crippen LogP contribution in [0.25, 0.3) is 0 Å². The zero-order valence-corrected chi connectivity index (χ0v) is 8.61. The normalized spacial score (nSPS) is 9.79. The minimum absolute atomic E-state index is 0.186. The number of halogens is 1. The van der Waals surface area contributed by atoms with Crippen LogP contribution in [0.2, 0.25) is 0 Å². The highest BCUT2D eigenvalue weighted by Crippen LogP contribution is 2.14. The van der Waals surface area contributed by atoms with Crippen LogP contribution in [0.15, 0.2) is 18.2 Å². The summed E-state index contributed by atoms with van der Waals surface area (Å²) >= 11 is 3.16. The minimum Gasteiger partial charge on any atom is -0.478 e. The van der Waals surface area contributed by atoms with Crippen LogP contribution in [-0.4, -0.2) is 22.2 Å². The molecule has 0 aliphatic heterocycles. The van der Waals surface area contributed by atoms with Crippen molar-refractivity contribution in [1.29, 1.82) is 0 Å². The molecule has 4 nitrogen and oxygen atoms in total. The highest BCUT2D eigenvalue weighted by atomic mass is 79.9. The van der Waals surface area contributed by atoms with Gasteiger partial charge in [-0.15, -0.1) is 0 Å². The third-order valence-electron chi connectivity index (χ3n) is 1.70. The number of alkyl halides is 1. The molecule has 1 rings (SSSR count). The van der Waals surface area contributed by atoms with Gasteiger partial charge in [-0.1, -0.05) is 22.0 Å². The van der Waals surface area contributed by atoms with Gasteiger partial charge >= 0.3 is 11.9 Å². The van der Waals surface area contributed by atoms with Crippen molar-refractivity contribution in [2.75, 3.05) is 0 Å². The van der Waals surface area contributed by atoms with Gasteiger partial charge in [0.05, 0.1) is 11.1 Å². The smallest absolute Gasteiger partial charge is 0.336 e. The highest BCUT2D eigenvalue weighted by molar-refractivity contribution is 9.08. The minimum atomic E-state index is -1.23. The third kappa shape index (κ3) is 2.11. The monoisotopic (exact) mass is 258 g/mol. The number of benzene rings is 1. The Morgan fingerprint density at radius 3 is 2.14 bits per heavy atom. The lowest BCUT2D eigenvalue weighted by Gasteiger charge is -2.02. The lowest BCUT2D eigenvalue weighted by molar-refractivity contribution is 0.0651. The van der Waals surface area contributed by atoms with E-state index in [0.29, 0.717) is 5.33 Å². The Kier molecular flexibility index (Phi) is 3.24. The first-order valence-electron chi connectivity index (χ1n) is 3.71. The maximum absolute atomic E-state index is 10.7. The van der Waals surface area contributed by atoms with E-state index in [1.165, 1.54) is 12.1 Å². The predicted molar refractivity (Wildman–Crippen MR) is 53.0 cm³/mol. The summed E-state index contributed by atoms with van der Waals surface area (Å²) < 4.78 is 0. The highest BCUT2D eigenvalue weighted by Gasteiger charge is 2.15. The van der Waals surface area contributed by atoms with Gasteiger partial charge in [-0.05, 0) is 17.7 Å². The molecule has 0 saturated heterocycles. The quantitative estimate of drug-likeness (QED) is 0.814. The number of carboxylic acids is 2. The molecule has 14 heavy (non-hydrogen) atoms.